The number of aryl methyl sites for hydroxylation is 1. The maximum absolute atomic E-state index is 13.7. The first-order chi connectivity index (χ1) is 18.9. The van der Waals surface area contributed by atoms with Crippen LogP contribution in [-0.4, -0.2) is 49.7 Å². The molecule has 0 amide bonds. The first-order valence-electron chi connectivity index (χ1n) is 13.4. The summed E-state index contributed by atoms with van der Waals surface area (Å²) in [6.45, 7) is 8.45. The van der Waals surface area contributed by atoms with Crippen molar-refractivity contribution in [3.8, 4) is 11.1 Å². The van der Waals surface area contributed by atoms with E-state index in [9.17, 15) is 26.3 Å². The lowest BCUT2D eigenvalue weighted by Crippen LogP contribution is -2.53. The third-order valence-electron chi connectivity index (χ3n) is 8.15. The third kappa shape index (κ3) is 6.54. The summed E-state index contributed by atoms with van der Waals surface area (Å²) in [5, 5.41) is 3.19. The zero-order valence-electron chi connectivity index (χ0n) is 23.9. The van der Waals surface area contributed by atoms with Crippen molar-refractivity contribution in [1.82, 2.24) is 10.3 Å². The molecule has 10 heteroatoms. The van der Waals surface area contributed by atoms with Crippen LogP contribution >= 0.6 is 0 Å². The Balaban J connectivity index is 1.87. The second-order valence-electron chi connectivity index (χ2n) is 11.7. The van der Waals surface area contributed by atoms with E-state index in [1.807, 2.05) is 37.3 Å². The van der Waals surface area contributed by atoms with E-state index in [0.29, 0.717) is 10.0 Å². The minimum Gasteiger partial charge on any atom is -0.345 e. The predicted octanol–water partition coefficient (Wildman–Crippen LogP) is 7.39. The largest absolute Gasteiger partial charge is 0.416 e. The van der Waals surface area contributed by atoms with E-state index in [1.165, 1.54) is 0 Å². The van der Waals surface area contributed by atoms with E-state index in [1.54, 1.807) is 27.1 Å². The molecular formula is C31H36F6N4+. The van der Waals surface area contributed by atoms with Crippen molar-refractivity contribution in [2.24, 2.45) is 0 Å². The van der Waals surface area contributed by atoms with E-state index >= 15 is 0 Å². The van der Waals surface area contributed by atoms with Gasteiger partial charge in [-0.1, -0.05) is 38.1 Å². The van der Waals surface area contributed by atoms with Gasteiger partial charge in [-0.15, -0.1) is 0 Å². The normalized spacial score (nSPS) is 17.0. The molecule has 4 rings (SSSR count). The molecule has 2 aromatic carbocycles. The maximum atomic E-state index is 13.7. The number of nitrogens with zero attached hydrogens (tertiary/aromatic N) is 3. The standard InChI is InChI=1S/C31H36F6N4/c1-20-9-7-8-10-24(20)25-18-27(40-11-13-41(5,6)14-12-40)39-19-26(25)28(38-4)29(2,3)21-15-22(30(32,33)34)17-23(16-21)31(35,36)37/h7-10,15-19,28,38H,5,11-14H2,1-4,6H3/q+1. The van der Waals surface area contributed by atoms with Crippen molar-refractivity contribution in [3.63, 3.8) is 0 Å². The predicted molar refractivity (Wildman–Crippen MR) is 149 cm³/mol. The summed E-state index contributed by atoms with van der Waals surface area (Å²) in [6, 6.07) is 10.8. The van der Waals surface area contributed by atoms with E-state index in [2.05, 4.69) is 24.3 Å². The van der Waals surface area contributed by atoms with Crippen LogP contribution in [0.2, 0.25) is 0 Å². The van der Waals surface area contributed by atoms with Gasteiger partial charge in [0, 0.05) is 17.7 Å². The number of hydrogen-bond acceptors (Lipinski definition) is 3. The highest BCUT2D eigenvalue weighted by Crippen LogP contribution is 2.45. The van der Waals surface area contributed by atoms with Crippen molar-refractivity contribution in [1.29, 1.82) is 0 Å². The zero-order valence-corrected chi connectivity index (χ0v) is 23.9. The number of quaternary nitrogens is 1. The summed E-state index contributed by atoms with van der Waals surface area (Å²) in [5.41, 5.74) is -0.554. The molecule has 4 nitrogen and oxygen atoms in total. The second kappa shape index (κ2) is 10.9. The van der Waals surface area contributed by atoms with Gasteiger partial charge in [-0.05, 0) is 66.1 Å². The fourth-order valence-electron chi connectivity index (χ4n) is 5.54. The Labute approximate surface area is 237 Å². The van der Waals surface area contributed by atoms with Crippen molar-refractivity contribution in [2.45, 2.75) is 44.6 Å². The third-order valence-corrected chi connectivity index (χ3v) is 8.15. The molecule has 0 spiro atoms. The number of halogens is 6. The molecule has 0 aliphatic carbocycles. The summed E-state index contributed by atoms with van der Waals surface area (Å²) in [5.74, 6) is 0.762. The Kier molecular flexibility index (Phi) is 8.23. The smallest absolute Gasteiger partial charge is 0.345 e. The van der Waals surface area contributed by atoms with Crippen molar-refractivity contribution < 1.29 is 30.8 Å². The van der Waals surface area contributed by atoms with Gasteiger partial charge < -0.3 is 14.7 Å². The van der Waals surface area contributed by atoms with Crippen molar-refractivity contribution in [2.75, 3.05) is 45.2 Å². The highest BCUT2D eigenvalue weighted by molar-refractivity contribution is 5.74. The number of pyridine rings is 1. The first-order valence-corrected chi connectivity index (χ1v) is 13.4. The van der Waals surface area contributed by atoms with Crippen molar-refractivity contribution >= 4 is 5.82 Å². The Morgan fingerprint density at radius 2 is 1.41 bits per heavy atom. The highest BCUT2D eigenvalue weighted by atomic mass is 19.4. The van der Waals surface area contributed by atoms with Gasteiger partial charge in [0.1, 0.15) is 12.9 Å². The van der Waals surface area contributed by atoms with Crippen LogP contribution in [0, 0.1) is 14.0 Å². The number of likely N-dealkylation sites (N-methyl/N-ethyl adjacent to an activating group) is 2. The van der Waals surface area contributed by atoms with Crippen LogP contribution in [0.4, 0.5) is 32.2 Å². The van der Waals surface area contributed by atoms with Gasteiger partial charge in [0.2, 0.25) is 0 Å². The Morgan fingerprint density at radius 3 is 1.93 bits per heavy atom. The van der Waals surface area contributed by atoms with Gasteiger partial charge in [-0.3, -0.25) is 0 Å². The number of nitrogens with one attached hydrogen (secondary N) is 1. The van der Waals surface area contributed by atoms with Gasteiger partial charge >= 0.3 is 12.4 Å². The quantitative estimate of drug-likeness (QED) is 0.244. The molecule has 1 radical (unpaired) electrons. The molecule has 1 aliphatic heterocycles. The van der Waals surface area contributed by atoms with Gasteiger partial charge in [-0.2, -0.15) is 26.3 Å². The lowest BCUT2D eigenvalue weighted by molar-refractivity contribution is -0.866. The fourth-order valence-corrected chi connectivity index (χ4v) is 5.54. The molecule has 1 aliphatic rings. The maximum Gasteiger partial charge on any atom is 0.416 e. The first kappa shape index (κ1) is 30.8. The molecule has 3 aromatic rings. The lowest BCUT2D eigenvalue weighted by atomic mass is 9.73. The minimum absolute atomic E-state index is 0.0812. The topological polar surface area (TPSA) is 28.2 Å². The molecule has 1 N–H and O–H groups in total. The molecule has 41 heavy (non-hydrogen) atoms. The molecule has 2 heterocycles. The molecule has 1 fully saturated rings. The summed E-state index contributed by atoms with van der Waals surface area (Å²) >= 11 is 0. The average Bonchev–Trinajstić information content (AvgIpc) is 2.88. The summed E-state index contributed by atoms with van der Waals surface area (Å²) in [7, 11) is 7.95. The number of anilines is 1. The van der Waals surface area contributed by atoms with Crippen LogP contribution in [0.15, 0.2) is 54.7 Å². The van der Waals surface area contributed by atoms with Crippen LogP contribution in [-0.2, 0) is 17.8 Å². The number of rotatable bonds is 6. The van der Waals surface area contributed by atoms with Gasteiger partial charge in [0.25, 0.3) is 0 Å². The molecule has 1 aromatic heterocycles. The Morgan fingerprint density at radius 1 is 0.878 bits per heavy atom. The van der Waals surface area contributed by atoms with Crippen LogP contribution in [0.1, 0.15) is 47.7 Å². The molecule has 0 bridgehead atoms. The SMILES string of the molecule is [CH2][N+]1(C)CCN(c2cc(-c3ccccc3C)c(C(NC)C(C)(C)c3cc(C(F)(F)F)cc(C(F)(F)F)c3)cn2)CC1. The van der Waals surface area contributed by atoms with Crippen LogP contribution in [0.3, 0.4) is 0 Å². The molecule has 1 saturated heterocycles. The van der Waals surface area contributed by atoms with Gasteiger partial charge in [0.05, 0.1) is 44.4 Å². The number of hydrogen-bond donors (Lipinski definition) is 1. The van der Waals surface area contributed by atoms with E-state index in [-0.39, 0.29) is 11.6 Å². The average molecular weight is 579 g/mol. The lowest BCUT2D eigenvalue weighted by Gasteiger charge is -2.40. The Bertz CT molecular complexity index is 1350. The number of alkyl halides is 6. The van der Waals surface area contributed by atoms with Crippen LogP contribution in [0.25, 0.3) is 11.1 Å². The molecule has 1 atom stereocenters. The monoisotopic (exact) mass is 578 g/mol. The molecule has 1 unspecified atom stereocenters. The number of aromatic nitrogens is 1. The van der Waals surface area contributed by atoms with E-state index < -0.39 is 34.9 Å². The number of benzene rings is 2. The Hall–Kier alpha value is -3.11. The van der Waals surface area contributed by atoms with E-state index in [4.69, 9.17) is 4.98 Å². The van der Waals surface area contributed by atoms with Crippen molar-refractivity contribution in [3.05, 3.63) is 89.6 Å². The van der Waals surface area contributed by atoms with Crippen LogP contribution in [0.5, 0.6) is 0 Å². The molecule has 221 valence electrons. The van der Waals surface area contributed by atoms with Crippen LogP contribution < -0.4 is 10.2 Å². The minimum atomic E-state index is -4.94. The summed E-state index contributed by atoms with van der Waals surface area (Å²) in [6.07, 6.45) is -8.17. The fraction of sp³-hybridized carbons (Fsp3) is 0.419. The molecular weight excluding hydrogens is 542 g/mol. The summed E-state index contributed by atoms with van der Waals surface area (Å²) < 4.78 is 83.0. The van der Waals surface area contributed by atoms with Gasteiger partial charge in [-0.25, -0.2) is 4.98 Å². The number of piperazine rings is 1. The zero-order chi connectivity index (χ0) is 30.4. The molecule has 0 saturated carbocycles. The van der Waals surface area contributed by atoms with E-state index in [0.717, 1.165) is 60.8 Å². The summed E-state index contributed by atoms with van der Waals surface area (Å²) in [4.78, 5) is 6.93. The van der Waals surface area contributed by atoms with Gasteiger partial charge in [0.15, 0.2) is 0 Å². The second-order valence-corrected chi connectivity index (χ2v) is 11.7. The highest BCUT2D eigenvalue weighted by Gasteiger charge is 2.41.